The lowest BCUT2D eigenvalue weighted by molar-refractivity contribution is 0.0789. The summed E-state index contributed by atoms with van der Waals surface area (Å²) in [5.74, 6) is 1.58. The normalized spacial score (nSPS) is 21.5. The molecule has 24 heavy (non-hydrogen) atoms. The van der Waals surface area contributed by atoms with Crippen LogP contribution in [-0.2, 0) is 0 Å². The molecule has 6 heteroatoms. The second-order valence-corrected chi connectivity index (χ2v) is 6.72. The Morgan fingerprint density at radius 3 is 2.62 bits per heavy atom. The lowest BCUT2D eigenvalue weighted by Gasteiger charge is -2.15. The highest BCUT2D eigenvalue weighted by atomic mass is 19.1. The zero-order valence-corrected chi connectivity index (χ0v) is 13.4. The average Bonchev–Trinajstić information content (AvgIpc) is 3.33. The van der Waals surface area contributed by atoms with Crippen molar-refractivity contribution in [2.24, 2.45) is 0 Å². The smallest absolute Gasteiger partial charge is 0.253 e. The summed E-state index contributed by atoms with van der Waals surface area (Å²) in [6.07, 6.45) is 5.56. The van der Waals surface area contributed by atoms with E-state index in [1.54, 1.807) is 4.90 Å². The number of hydrogen-bond donors (Lipinski definition) is 0. The van der Waals surface area contributed by atoms with Crippen molar-refractivity contribution in [3.8, 4) is 0 Å². The monoisotopic (exact) mass is 329 g/mol. The van der Waals surface area contributed by atoms with Crippen LogP contribution in [0, 0.1) is 5.82 Å². The third-order valence-electron chi connectivity index (χ3n) is 5.09. The largest absolute Gasteiger partial charge is 0.339 e. The molecule has 0 spiro atoms. The first-order valence-electron chi connectivity index (χ1n) is 8.59. The molecule has 126 valence electrons. The number of carbonyl (C=O) groups excluding carboxylic acids is 1. The van der Waals surface area contributed by atoms with E-state index in [1.807, 2.05) is 0 Å². The molecule has 0 radical (unpaired) electrons. The van der Waals surface area contributed by atoms with E-state index in [2.05, 4.69) is 10.1 Å². The Labute approximate surface area is 139 Å². The van der Waals surface area contributed by atoms with Crippen LogP contribution in [0.25, 0.3) is 0 Å². The highest BCUT2D eigenvalue weighted by Crippen LogP contribution is 2.34. The Balaban J connectivity index is 1.42. The number of rotatable bonds is 3. The summed E-state index contributed by atoms with van der Waals surface area (Å²) in [6.45, 7) is 1.23. The molecule has 2 aromatic rings. The van der Waals surface area contributed by atoms with Crippen molar-refractivity contribution in [2.75, 3.05) is 13.1 Å². The highest BCUT2D eigenvalue weighted by molar-refractivity contribution is 5.94. The van der Waals surface area contributed by atoms with E-state index < -0.39 is 0 Å². The second-order valence-electron chi connectivity index (χ2n) is 6.72. The zero-order valence-electron chi connectivity index (χ0n) is 13.4. The Bertz CT molecular complexity index is 722. The van der Waals surface area contributed by atoms with Crippen LogP contribution >= 0.6 is 0 Å². The van der Waals surface area contributed by atoms with E-state index in [9.17, 15) is 9.18 Å². The summed E-state index contributed by atoms with van der Waals surface area (Å²) in [4.78, 5) is 18.8. The number of amides is 1. The molecule has 0 unspecified atom stereocenters. The van der Waals surface area contributed by atoms with Gasteiger partial charge in [0.2, 0.25) is 5.89 Å². The van der Waals surface area contributed by atoms with Gasteiger partial charge in [-0.25, -0.2) is 4.39 Å². The minimum absolute atomic E-state index is 0.0759. The third-order valence-corrected chi connectivity index (χ3v) is 5.09. The van der Waals surface area contributed by atoms with Crippen molar-refractivity contribution in [1.82, 2.24) is 15.0 Å². The Hall–Kier alpha value is -2.24. The van der Waals surface area contributed by atoms with Crippen molar-refractivity contribution in [3.63, 3.8) is 0 Å². The van der Waals surface area contributed by atoms with Crippen molar-refractivity contribution >= 4 is 5.91 Å². The summed E-state index contributed by atoms with van der Waals surface area (Å²) in [5, 5.41) is 4.15. The average molecular weight is 329 g/mol. The molecule has 4 rings (SSSR count). The van der Waals surface area contributed by atoms with Crippen LogP contribution in [0.2, 0.25) is 0 Å². The molecule has 0 N–H and O–H groups in total. The summed E-state index contributed by atoms with van der Waals surface area (Å²) < 4.78 is 18.5. The molecular weight excluding hydrogens is 309 g/mol. The van der Waals surface area contributed by atoms with Crippen LogP contribution in [0.1, 0.15) is 66.0 Å². The fourth-order valence-electron chi connectivity index (χ4n) is 3.68. The van der Waals surface area contributed by atoms with Crippen LogP contribution in [-0.4, -0.2) is 34.0 Å². The van der Waals surface area contributed by atoms with E-state index in [0.29, 0.717) is 30.5 Å². The molecule has 1 aromatic heterocycles. The van der Waals surface area contributed by atoms with Gasteiger partial charge in [-0.15, -0.1) is 0 Å². The van der Waals surface area contributed by atoms with Gasteiger partial charge in [0.15, 0.2) is 5.82 Å². The first-order valence-corrected chi connectivity index (χ1v) is 8.59. The predicted octanol–water partition coefficient (Wildman–Crippen LogP) is 3.50. The molecule has 2 heterocycles. The minimum atomic E-state index is -0.337. The maximum absolute atomic E-state index is 13.0. The molecule has 1 saturated carbocycles. The van der Waals surface area contributed by atoms with Gasteiger partial charge in [0, 0.05) is 24.6 Å². The molecule has 2 fully saturated rings. The maximum atomic E-state index is 13.0. The Morgan fingerprint density at radius 1 is 1.12 bits per heavy atom. The number of hydrogen-bond acceptors (Lipinski definition) is 4. The molecule has 1 saturated heterocycles. The van der Waals surface area contributed by atoms with Gasteiger partial charge < -0.3 is 9.42 Å². The summed E-state index contributed by atoms with van der Waals surface area (Å²) >= 11 is 0. The summed E-state index contributed by atoms with van der Waals surface area (Å²) in [6, 6.07) is 5.67. The summed E-state index contributed by atoms with van der Waals surface area (Å²) in [7, 11) is 0. The topological polar surface area (TPSA) is 59.2 Å². The van der Waals surface area contributed by atoms with E-state index in [4.69, 9.17) is 4.52 Å². The van der Waals surface area contributed by atoms with E-state index in [0.717, 1.165) is 25.1 Å². The van der Waals surface area contributed by atoms with E-state index in [-0.39, 0.29) is 17.6 Å². The van der Waals surface area contributed by atoms with Crippen LogP contribution < -0.4 is 0 Å². The number of likely N-dealkylation sites (tertiary alicyclic amines) is 1. The first-order chi connectivity index (χ1) is 11.7. The lowest BCUT2D eigenvalue weighted by Crippen LogP contribution is -2.28. The van der Waals surface area contributed by atoms with Gasteiger partial charge in [-0.1, -0.05) is 18.0 Å². The molecular formula is C18H20FN3O2. The van der Waals surface area contributed by atoms with Crippen molar-refractivity contribution < 1.29 is 13.7 Å². The van der Waals surface area contributed by atoms with Crippen LogP contribution in [0.15, 0.2) is 28.8 Å². The fraction of sp³-hybridized carbons (Fsp3) is 0.500. The predicted molar refractivity (Wildman–Crippen MR) is 85.2 cm³/mol. The number of halogens is 1. The maximum Gasteiger partial charge on any atom is 0.253 e. The van der Waals surface area contributed by atoms with Crippen LogP contribution in [0.4, 0.5) is 4.39 Å². The van der Waals surface area contributed by atoms with Gasteiger partial charge in [-0.05, 0) is 43.5 Å². The van der Waals surface area contributed by atoms with Crippen molar-refractivity contribution in [2.45, 2.75) is 43.9 Å². The number of benzene rings is 1. The van der Waals surface area contributed by atoms with E-state index >= 15 is 0 Å². The quantitative estimate of drug-likeness (QED) is 0.865. The van der Waals surface area contributed by atoms with Crippen molar-refractivity contribution in [1.29, 1.82) is 0 Å². The second kappa shape index (κ2) is 6.34. The Kier molecular flexibility index (Phi) is 4.04. The highest BCUT2D eigenvalue weighted by Gasteiger charge is 2.32. The van der Waals surface area contributed by atoms with Gasteiger partial charge in [-0.2, -0.15) is 4.98 Å². The molecule has 1 aliphatic carbocycles. The fourth-order valence-corrected chi connectivity index (χ4v) is 3.68. The van der Waals surface area contributed by atoms with Crippen LogP contribution in [0.5, 0.6) is 0 Å². The number of carbonyl (C=O) groups is 1. The zero-order chi connectivity index (χ0) is 16.5. The van der Waals surface area contributed by atoms with E-state index in [1.165, 1.54) is 37.1 Å². The van der Waals surface area contributed by atoms with Gasteiger partial charge in [0.1, 0.15) is 5.82 Å². The van der Waals surface area contributed by atoms with Crippen LogP contribution in [0.3, 0.4) is 0 Å². The number of aromatic nitrogens is 2. The van der Waals surface area contributed by atoms with Gasteiger partial charge in [0.25, 0.3) is 5.91 Å². The molecule has 1 aliphatic heterocycles. The number of nitrogens with zero attached hydrogens (tertiary/aromatic N) is 3. The van der Waals surface area contributed by atoms with Gasteiger partial charge in [0.05, 0.1) is 5.92 Å². The molecule has 5 nitrogen and oxygen atoms in total. The van der Waals surface area contributed by atoms with Gasteiger partial charge >= 0.3 is 0 Å². The SMILES string of the molecule is O=C(c1ccc(F)cc1)N1CC[C@@H](c2nc(C3CCCC3)no2)C1. The van der Waals surface area contributed by atoms with Gasteiger partial charge in [-0.3, -0.25) is 4.79 Å². The Morgan fingerprint density at radius 2 is 1.88 bits per heavy atom. The summed E-state index contributed by atoms with van der Waals surface area (Å²) in [5.41, 5.74) is 0.509. The lowest BCUT2D eigenvalue weighted by atomic mass is 10.1. The molecule has 2 aliphatic rings. The third kappa shape index (κ3) is 2.92. The molecule has 1 amide bonds. The molecule has 0 bridgehead atoms. The minimum Gasteiger partial charge on any atom is -0.339 e. The molecule has 1 atom stereocenters. The van der Waals surface area contributed by atoms with Crippen molar-refractivity contribution in [3.05, 3.63) is 47.4 Å². The standard InChI is InChI=1S/C18H20FN3O2/c19-15-7-5-13(6-8-15)18(23)22-10-9-14(11-22)17-20-16(21-24-17)12-3-1-2-4-12/h5-8,12,14H,1-4,9-11H2/t14-/m1/s1. The first kappa shape index (κ1) is 15.3. The molecule has 1 aromatic carbocycles.